The van der Waals surface area contributed by atoms with E-state index < -0.39 is 11.9 Å². The summed E-state index contributed by atoms with van der Waals surface area (Å²) in [6, 6.07) is 32.6. The van der Waals surface area contributed by atoms with Crippen molar-refractivity contribution in [3.63, 3.8) is 0 Å². The van der Waals surface area contributed by atoms with Crippen LogP contribution >= 0.6 is 0 Å². The number of hydrogen-bond acceptors (Lipinski definition) is 4. The molecule has 0 saturated carbocycles. The second-order valence-corrected chi connectivity index (χ2v) is 6.68. The molecule has 7 heteroatoms. The summed E-state index contributed by atoms with van der Waals surface area (Å²) in [6.07, 6.45) is 0. The van der Waals surface area contributed by atoms with Crippen LogP contribution in [0.4, 0.5) is 22.7 Å². The Balaban J connectivity index is 0.000000227. The predicted octanol–water partition coefficient (Wildman–Crippen LogP) is 6.25. The molecule has 0 fully saturated rings. The standard InChI is InChI=1S/2C13H11NO2.Ni/c2*15-13(16)11-8-4-5-9-12(11)14-10-6-2-1-3-7-10;/h2*1-9,14H,(H,15,16);. The Morgan fingerprint density at radius 2 is 0.788 bits per heavy atom. The molecule has 33 heavy (non-hydrogen) atoms. The molecule has 0 bridgehead atoms. The van der Waals surface area contributed by atoms with Crippen LogP contribution in [0.15, 0.2) is 109 Å². The molecule has 0 aromatic heterocycles. The first kappa shape index (κ1) is 25.2. The third-order valence-corrected chi connectivity index (χ3v) is 4.42. The smallest absolute Gasteiger partial charge is 0.337 e. The first-order valence-electron chi connectivity index (χ1n) is 9.83. The number of anilines is 4. The number of nitrogens with one attached hydrogen (secondary N) is 2. The van der Waals surface area contributed by atoms with Gasteiger partial charge in [0.2, 0.25) is 0 Å². The number of carboxylic acid groups (broad SMARTS) is 2. The molecule has 4 aromatic rings. The van der Waals surface area contributed by atoms with Crippen molar-refractivity contribution in [1.82, 2.24) is 0 Å². The minimum atomic E-state index is -0.931. The van der Waals surface area contributed by atoms with Crippen molar-refractivity contribution in [1.29, 1.82) is 0 Å². The molecule has 0 atom stereocenters. The Labute approximate surface area is 201 Å². The zero-order chi connectivity index (χ0) is 22.8. The van der Waals surface area contributed by atoms with E-state index in [2.05, 4.69) is 10.6 Å². The van der Waals surface area contributed by atoms with Gasteiger partial charge < -0.3 is 20.8 Å². The van der Waals surface area contributed by atoms with Gasteiger partial charge in [-0.2, -0.15) is 0 Å². The molecule has 0 amide bonds. The molecule has 4 rings (SSSR count). The Morgan fingerprint density at radius 3 is 1.12 bits per heavy atom. The predicted molar refractivity (Wildman–Crippen MR) is 126 cm³/mol. The van der Waals surface area contributed by atoms with Crippen LogP contribution in [-0.4, -0.2) is 22.2 Å². The summed E-state index contributed by atoms with van der Waals surface area (Å²) >= 11 is 0. The van der Waals surface area contributed by atoms with E-state index >= 15 is 0 Å². The number of para-hydroxylation sites is 4. The molecule has 0 spiro atoms. The van der Waals surface area contributed by atoms with Crippen molar-refractivity contribution < 1.29 is 36.3 Å². The van der Waals surface area contributed by atoms with Gasteiger partial charge in [0.1, 0.15) is 0 Å². The van der Waals surface area contributed by atoms with E-state index in [4.69, 9.17) is 10.2 Å². The summed E-state index contributed by atoms with van der Waals surface area (Å²) in [5.74, 6) is -1.86. The maximum atomic E-state index is 11.0. The average molecular weight is 485 g/mol. The summed E-state index contributed by atoms with van der Waals surface area (Å²) in [5.41, 5.74) is 3.48. The van der Waals surface area contributed by atoms with Crippen LogP contribution in [0.3, 0.4) is 0 Å². The topological polar surface area (TPSA) is 98.7 Å². The number of rotatable bonds is 6. The fourth-order valence-corrected chi connectivity index (χ4v) is 2.91. The molecule has 0 saturated heterocycles. The maximum absolute atomic E-state index is 11.0. The van der Waals surface area contributed by atoms with Crippen LogP contribution in [0.2, 0.25) is 0 Å². The van der Waals surface area contributed by atoms with E-state index in [9.17, 15) is 9.59 Å². The van der Waals surface area contributed by atoms with Gasteiger partial charge in [0.05, 0.1) is 22.5 Å². The second kappa shape index (κ2) is 12.7. The van der Waals surface area contributed by atoms with Crippen LogP contribution in [0.25, 0.3) is 0 Å². The molecule has 0 radical (unpaired) electrons. The molecule has 0 unspecified atom stereocenters. The number of carboxylic acids is 2. The normalized spacial score (nSPS) is 9.45. The van der Waals surface area contributed by atoms with E-state index in [0.717, 1.165) is 11.4 Å². The van der Waals surface area contributed by atoms with Gasteiger partial charge in [-0.25, -0.2) is 9.59 Å². The van der Waals surface area contributed by atoms with Crippen LogP contribution in [0.1, 0.15) is 20.7 Å². The van der Waals surface area contributed by atoms with Gasteiger partial charge in [0, 0.05) is 27.9 Å². The van der Waals surface area contributed by atoms with Gasteiger partial charge in [-0.1, -0.05) is 60.7 Å². The first-order valence-corrected chi connectivity index (χ1v) is 9.83. The van der Waals surface area contributed by atoms with E-state index in [0.29, 0.717) is 11.4 Å². The summed E-state index contributed by atoms with van der Waals surface area (Å²) < 4.78 is 0. The fourth-order valence-electron chi connectivity index (χ4n) is 2.91. The molecule has 4 aromatic carbocycles. The van der Waals surface area contributed by atoms with E-state index in [1.54, 1.807) is 48.5 Å². The second-order valence-electron chi connectivity index (χ2n) is 6.68. The van der Waals surface area contributed by atoms with Crippen LogP contribution in [-0.2, 0) is 16.5 Å². The minimum absolute atomic E-state index is 0. The Kier molecular flexibility index (Phi) is 9.68. The molecule has 0 aliphatic heterocycles. The summed E-state index contributed by atoms with van der Waals surface area (Å²) in [6.45, 7) is 0. The van der Waals surface area contributed by atoms with Crippen molar-refractivity contribution in [3.8, 4) is 0 Å². The first-order chi connectivity index (χ1) is 15.5. The van der Waals surface area contributed by atoms with Gasteiger partial charge in [0.15, 0.2) is 0 Å². The van der Waals surface area contributed by atoms with Gasteiger partial charge in [-0.3, -0.25) is 0 Å². The van der Waals surface area contributed by atoms with Crippen molar-refractivity contribution >= 4 is 34.7 Å². The zero-order valence-electron chi connectivity index (χ0n) is 17.4. The molecule has 4 N–H and O–H groups in total. The van der Waals surface area contributed by atoms with Crippen molar-refractivity contribution in [2.45, 2.75) is 0 Å². The maximum Gasteiger partial charge on any atom is 0.337 e. The monoisotopic (exact) mass is 484 g/mol. The molecule has 0 aliphatic carbocycles. The average Bonchev–Trinajstić information content (AvgIpc) is 2.81. The Morgan fingerprint density at radius 1 is 0.485 bits per heavy atom. The van der Waals surface area contributed by atoms with Gasteiger partial charge >= 0.3 is 11.9 Å². The number of benzene rings is 4. The quantitative estimate of drug-likeness (QED) is 0.241. The van der Waals surface area contributed by atoms with Crippen molar-refractivity contribution in [3.05, 3.63) is 120 Å². The largest absolute Gasteiger partial charge is 0.478 e. The van der Waals surface area contributed by atoms with Crippen molar-refractivity contribution in [2.75, 3.05) is 10.6 Å². The molecule has 170 valence electrons. The number of aromatic carboxylic acids is 2. The Bertz CT molecular complexity index is 1090. The Hall–Kier alpha value is -4.09. The van der Waals surface area contributed by atoms with Crippen LogP contribution < -0.4 is 10.6 Å². The summed E-state index contributed by atoms with van der Waals surface area (Å²) in [5, 5.41) is 24.2. The minimum Gasteiger partial charge on any atom is -0.478 e. The van der Waals surface area contributed by atoms with Crippen molar-refractivity contribution in [2.24, 2.45) is 0 Å². The van der Waals surface area contributed by atoms with E-state index in [1.165, 1.54) is 0 Å². The zero-order valence-corrected chi connectivity index (χ0v) is 18.4. The van der Waals surface area contributed by atoms with Crippen LogP contribution in [0, 0.1) is 0 Å². The van der Waals surface area contributed by atoms with Gasteiger partial charge in [-0.15, -0.1) is 0 Å². The molecular weight excluding hydrogens is 463 g/mol. The SMILES string of the molecule is O=C(O)c1ccccc1Nc1ccccc1.O=C(O)c1ccccc1Nc1ccccc1.[Ni]. The van der Waals surface area contributed by atoms with Gasteiger partial charge in [-0.05, 0) is 48.5 Å². The number of hydrogen-bond donors (Lipinski definition) is 4. The van der Waals surface area contributed by atoms with Crippen LogP contribution in [0.5, 0.6) is 0 Å². The molecule has 0 aliphatic rings. The summed E-state index contributed by atoms with van der Waals surface area (Å²) in [4.78, 5) is 21.9. The molecular formula is C26H22N2NiO4. The number of carbonyl (C=O) groups is 2. The van der Waals surface area contributed by atoms with E-state index in [1.807, 2.05) is 60.7 Å². The third kappa shape index (κ3) is 7.52. The summed E-state index contributed by atoms with van der Waals surface area (Å²) in [7, 11) is 0. The molecule has 0 heterocycles. The third-order valence-electron chi connectivity index (χ3n) is 4.42. The molecule has 6 nitrogen and oxygen atoms in total. The van der Waals surface area contributed by atoms with Gasteiger partial charge in [0.25, 0.3) is 0 Å². The van der Waals surface area contributed by atoms with E-state index in [-0.39, 0.29) is 27.6 Å². The fraction of sp³-hybridized carbons (Fsp3) is 0.